The zero-order valence-corrected chi connectivity index (χ0v) is 18.6. The largest absolute Gasteiger partial charge is 0.494 e. The first-order valence-corrected chi connectivity index (χ1v) is 11.4. The van der Waals surface area contributed by atoms with Crippen molar-refractivity contribution in [3.8, 4) is 5.88 Å². The highest BCUT2D eigenvalue weighted by molar-refractivity contribution is 7.91. The number of aromatic hydroxyl groups is 1. The molecular formula is C21H22N4O4S2. The molecule has 0 unspecified atom stereocenters. The Balaban J connectivity index is 1.79. The molecule has 3 N–H and O–H groups in total. The molecular weight excluding hydrogens is 436 g/mol. The predicted octanol–water partition coefficient (Wildman–Crippen LogP) is 3.61. The van der Waals surface area contributed by atoms with Gasteiger partial charge in [-0.05, 0) is 62.0 Å². The van der Waals surface area contributed by atoms with E-state index in [1.165, 1.54) is 22.9 Å². The second-order valence-electron chi connectivity index (χ2n) is 6.86. The van der Waals surface area contributed by atoms with Gasteiger partial charge in [-0.15, -0.1) is 0 Å². The third-order valence-electron chi connectivity index (χ3n) is 4.54. The summed E-state index contributed by atoms with van der Waals surface area (Å²) in [6.45, 7) is 4.26. The fourth-order valence-corrected chi connectivity index (χ4v) is 4.39. The van der Waals surface area contributed by atoms with E-state index in [0.717, 1.165) is 12.0 Å². The first kappa shape index (κ1) is 22.4. The van der Waals surface area contributed by atoms with Gasteiger partial charge in [0.15, 0.2) is 4.77 Å². The van der Waals surface area contributed by atoms with Gasteiger partial charge in [0, 0.05) is 6.54 Å². The van der Waals surface area contributed by atoms with Crippen LogP contribution in [0.3, 0.4) is 0 Å². The van der Waals surface area contributed by atoms with Gasteiger partial charge in [0.05, 0.1) is 21.7 Å². The van der Waals surface area contributed by atoms with Crippen LogP contribution >= 0.6 is 12.2 Å². The molecule has 31 heavy (non-hydrogen) atoms. The third kappa shape index (κ3) is 4.92. The van der Waals surface area contributed by atoms with E-state index in [4.69, 9.17) is 12.2 Å². The number of nitrogens with one attached hydrogen (secondary N) is 2. The Bertz CT molecular complexity index is 1320. The lowest BCUT2D eigenvalue weighted by molar-refractivity contribution is 0.402. The Hall–Kier alpha value is -3.24. The maximum atomic E-state index is 12.7. The minimum atomic E-state index is -3.62. The minimum absolute atomic E-state index is 0.0341. The molecule has 0 atom stereocenters. The molecule has 0 saturated carbocycles. The highest BCUT2D eigenvalue weighted by Crippen LogP contribution is 2.22. The van der Waals surface area contributed by atoms with Gasteiger partial charge in [-0.1, -0.05) is 24.6 Å². The van der Waals surface area contributed by atoms with Crippen molar-refractivity contribution in [2.75, 3.05) is 5.43 Å². The predicted molar refractivity (Wildman–Crippen MR) is 122 cm³/mol. The number of benzene rings is 2. The van der Waals surface area contributed by atoms with Crippen molar-refractivity contribution in [3.05, 3.63) is 74.8 Å². The van der Waals surface area contributed by atoms with Gasteiger partial charge in [-0.25, -0.2) is 8.42 Å². The molecule has 10 heteroatoms. The molecule has 8 nitrogen and oxygen atoms in total. The molecule has 3 rings (SSSR count). The summed E-state index contributed by atoms with van der Waals surface area (Å²) >= 11 is 5.06. The number of hydrogen-bond donors (Lipinski definition) is 3. The summed E-state index contributed by atoms with van der Waals surface area (Å²) in [5.74, 6) is -0.263. The number of nitrogens with zero attached hydrogens (tertiary/aromatic N) is 2. The lowest BCUT2D eigenvalue weighted by atomic mass is 10.2. The van der Waals surface area contributed by atoms with Gasteiger partial charge in [-0.3, -0.25) is 19.8 Å². The molecule has 0 saturated heterocycles. The van der Waals surface area contributed by atoms with Crippen LogP contribution in [0.2, 0.25) is 0 Å². The summed E-state index contributed by atoms with van der Waals surface area (Å²) < 4.78 is 27.0. The first-order chi connectivity index (χ1) is 14.7. The van der Waals surface area contributed by atoms with Crippen molar-refractivity contribution in [2.24, 2.45) is 5.10 Å². The van der Waals surface area contributed by atoms with Gasteiger partial charge in [0.25, 0.3) is 5.56 Å². The van der Waals surface area contributed by atoms with Crippen LogP contribution in [-0.2, 0) is 16.4 Å². The minimum Gasteiger partial charge on any atom is -0.494 e. The molecule has 1 aromatic heterocycles. The standard InChI is InChI=1S/C21H22N4O4S2/c1-3-12-25-20(27)18(19(26)23-21(25)30)13-22-24-15-6-10-17(11-7-15)31(28,29)16-8-4-14(2)5-9-16/h4-11,13,24,27H,3,12H2,1-2H3,(H,23,26,30)/b22-13+. The smallest absolute Gasteiger partial charge is 0.264 e. The van der Waals surface area contributed by atoms with E-state index in [1.54, 1.807) is 36.4 Å². The fourth-order valence-electron chi connectivity index (χ4n) is 2.86. The third-order valence-corrected chi connectivity index (χ3v) is 6.65. The molecule has 0 aliphatic rings. The monoisotopic (exact) mass is 458 g/mol. The number of rotatable bonds is 7. The van der Waals surface area contributed by atoms with E-state index in [9.17, 15) is 18.3 Å². The topological polar surface area (TPSA) is 117 Å². The number of H-pyrrole nitrogens is 1. The van der Waals surface area contributed by atoms with Crippen LogP contribution in [0.5, 0.6) is 5.88 Å². The maximum absolute atomic E-state index is 12.7. The summed E-state index contributed by atoms with van der Waals surface area (Å²) in [7, 11) is -3.62. The quantitative estimate of drug-likeness (QED) is 0.283. The number of aromatic amines is 1. The van der Waals surface area contributed by atoms with E-state index < -0.39 is 15.4 Å². The molecule has 1 heterocycles. The lowest BCUT2D eigenvalue weighted by Crippen LogP contribution is -2.19. The van der Waals surface area contributed by atoms with Gasteiger partial charge in [0.2, 0.25) is 15.7 Å². The molecule has 0 aliphatic carbocycles. The van der Waals surface area contributed by atoms with E-state index in [2.05, 4.69) is 15.5 Å². The Morgan fingerprint density at radius 3 is 2.29 bits per heavy atom. The molecule has 162 valence electrons. The second-order valence-corrected chi connectivity index (χ2v) is 9.20. The SMILES string of the molecule is CCCn1c(O)c(/C=N/Nc2ccc(S(=O)(=O)c3ccc(C)cc3)cc2)c(=O)[nH]c1=S. The normalized spacial score (nSPS) is 11.7. The van der Waals surface area contributed by atoms with E-state index in [0.29, 0.717) is 12.2 Å². The summed E-state index contributed by atoms with van der Waals surface area (Å²) in [4.78, 5) is 15.0. The van der Waals surface area contributed by atoms with Gasteiger partial charge < -0.3 is 5.11 Å². The van der Waals surface area contributed by atoms with Crippen LogP contribution in [0.1, 0.15) is 24.5 Å². The van der Waals surface area contributed by atoms with Crippen LogP contribution < -0.4 is 11.0 Å². The second kappa shape index (κ2) is 9.27. The van der Waals surface area contributed by atoms with Gasteiger partial charge in [0.1, 0.15) is 5.56 Å². The van der Waals surface area contributed by atoms with Crippen LogP contribution in [0, 0.1) is 11.7 Å². The number of sulfone groups is 1. The molecule has 2 aromatic carbocycles. The molecule has 0 spiro atoms. The molecule has 0 bridgehead atoms. The molecule has 0 aliphatic heterocycles. The average molecular weight is 459 g/mol. The number of aromatic nitrogens is 2. The van der Waals surface area contributed by atoms with Crippen molar-refractivity contribution in [1.82, 2.24) is 9.55 Å². The Kier molecular flexibility index (Phi) is 6.71. The van der Waals surface area contributed by atoms with Crippen molar-refractivity contribution in [1.29, 1.82) is 0 Å². The summed E-state index contributed by atoms with van der Waals surface area (Å²) in [5, 5.41) is 14.3. The van der Waals surface area contributed by atoms with Gasteiger partial charge >= 0.3 is 0 Å². The highest BCUT2D eigenvalue weighted by Gasteiger charge is 2.17. The molecule has 0 fully saturated rings. The van der Waals surface area contributed by atoms with Crippen LogP contribution in [0.15, 0.2) is 68.2 Å². The summed E-state index contributed by atoms with van der Waals surface area (Å²) in [5.41, 5.74) is 3.61. The number of hydrogen-bond acceptors (Lipinski definition) is 7. The van der Waals surface area contributed by atoms with Crippen molar-refractivity contribution in [2.45, 2.75) is 36.6 Å². The lowest BCUT2D eigenvalue weighted by Gasteiger charge is -2.09. The van der Waals surface area contributed by atoms with E-state index in [1.807, 2.05) is 13.8 Å². The first-order valence-electron chi connectivity index (χ1n) is 9.51. The molecule has 3 aromatic rings. The van der Waals surface area contributed by atoms with Crippen molar-refractivity contribution >= 4 is 34.0 Å². The van der Waals surface area contributed by atoms with E-state index >= 15 is 0 Å². The fraction of sp³-hybridized carbons (Fsp3) is 0.190. The van der Waals surface area contributed by atoms with Crippen LogP contribution in [-0.4, -0.2) is 29.3 Å². The zero-order valence-electron chi connectivity index (χ0n) is 17.0. The van der Waals surface area contributed by atoms with Crippen molar-refractivity contribution in [3.63, 3.8) is 0 Å². The maximum Gasteiger partial charge on any atom is 0.264 e. The Morgan fingerprint density at radius 1 is 1.13 bits per heavy atom. The number of anilines is 1. The Labute approximate surface area is 184 Å². The number of hydrazone groups is 1. The molecule has 0 amide bonds. The van der Waals surface area contributed by atoms with Gasteiger partial charge in [-0.2, -0.15) is 5.10 Å². The number of aryl methyl sites for hydroxylation is 1. The zero-order chi connectivity index (χ0) is 22.6. The Morgan fingerprint density at radius 2 is 1.71 bits per heavy atom. The van der Waals surface area contributed by atoms with Crippen molar-refractivity contribution < 1.29 is 13.5 Å². The highest BCUT2D eigenvalue weighted by atomic mass is 32.2. The van der Waals surface area contributed by atoms with Crippen LogP contribution in [0.4, 0.5) is 5.69 Å². The van der Waals surface area contributed by atoms with Crippen LogP contribution in [0.25, 0.3) is 0 Å². The molecule has 0 radical (unpaired) electrons. The summed E-state index contributed by atoms with van der Waals surface area (Å²) in [6.07, 6.45) is 1.91. The van der Waals surface area contributed by atoms with E-state index in [-0.39, 0.29) is 26.0 Å². The average Bonchev–Trinajstić information content (AvgIpc) is 2.74. The summed E-state index contributed by atoms with van der Waals surface area (Å²) in [6, 6.07) is 12.7.